The Kier molecular flexibility index (Phi) is 3.13. The van der Waals surface area contributed by atoms with E-state index in [1.807, 2.05) is 0 Å². The van der Waals surface area contributed by atoms with E-state index in [-0.39, 0.29) is 25.0 Å². The van der Waals surface area contributed by atoms with Gasteiger partial charge >= 0.3 is 74.7 Å². The SMILES string of the molecule is CN1CC(=O)[O][Sn][O]C(=O)C1. The van der Waals surface area contributed by atoms with E-state index in [0.29, 0.717) is 0 Å². The Morgan fingerprint density at radius 1 is 1.27 bits per heavy atom. The van der Waals surface area contributed by atoms with Crippen LogP contribution in [0.15, 0.2) is 0 Å². The number of hydrogen-bond acceptors (Lipinski definition) is 5. The van der Waals surface area contributed by atoms with Crippen molar-refractivity contribution in [2.45, 2.75) is 0 Å². The summed E-state index contributed by atoms with van der Waals surface area (Å²) in [6, 6.07) is 0. The molecule has 1 aliphatic rings. The maximum absolute atomic E-state index is 10.7. The summed E-state index contributed by atoms with van der Waals surface area (Å²) in [4.78, 5) is 23.0. The third-order valence-corrected chi connectivity index (χ3v) is 2.88. The van der Waals surface area contributed by atoms with Crippen LogP contribution in [0.3, 0.4) is 0 Å². The van der Waals surface area contributed by atoms with Crippen molar-refractivity contribution in [1.82, 2.24) is 4.90 Å². The van der Waals surface area contributed by atoms with Crippen molar-refractivity contribution in [3.05, 3.63) is 0 Å². The summed E-state index contributed by atoms with van der Waals surface area (Å²) in [6.45, 7) is 0.353. The Bertz CT molecular complexity index is 165. The van der Waals surface area contributed by atoms with Crippen molar-refractivity contribution in [3.8, 4) is 0 Å². The molecule has 11 heavy (non-hydrogen) atoms. The standard InChI is InChI=1S/C5H9NO4.Sn/c1-6(2-4(7)8)3-5(9)10;/h2-3H2,1H3,(H,7,8)(H,9,10);/q;+2/p-2. The maximum atomic E-state index is 10.7. The summed E-state index contributed by atoms with van der Waals surface area (Å²) in [7, 11) is 1.67. The molecule has 1 fully saturated rings. The van der Waals surface area contributed by atoms with Crippen LogP contribution in [-0.2, 0) is 15.7 Å². The van der Waals surface area contributed by atoms with E-state index in [0.717, 1.165) is 0 Å². The predicted molar refractivity (Wildman–Crippen MR) is 35.4 cm³/mol. The Morgan fingerprint density at radius 3 is 2.18 bits per heavy atom. The number of hydrogen-bond donors (Lipinski definition) is 0. The predicted octanol–water partition coefficient (Wildman–Crippen LogP) is -1.45. The van der Waals surface area contributed by atoms with E-state index in [9.17, 15) is 9.59 Å². The molecule has 1 rings (SSSR count). The summed E-state index contributed by atoms with van der Waals surface area (Å²) in [5.41, 5.74) is 0. The molecule has 0 aromatic carbocycles. The average molecular weight is 264 g/mol. The second-order valence-corrected chi connectivity index (χ2v) is 3.84. The number of carbonyl (C=O) groups is 2. The van der Waals surface area contributed by atoms with Gasteiger partial charge in [-0.05, 0) is 0 Å². The summed E-state index contributed by atoms with van der Waals surface area (Å²) in [5, 5.41) is 0. The van der Waals surface area contributed by atoms with Crippen molar-refractivity contribution >= 4 is 33.9 Å². The first kappa shape index (κ1) is 8.79. The molecule has 1 aliphatic heterocycles. The minimum absolute atomic E-state index is 0.177. The zero-order chi connectivity index (χ0) is 8.27. The van der Waals surface area contributed by atoms with Gasteiger partial charge in [0, 0.05) is 0 Å². The normalized spacial score (nSPS) is 21.5. The van der Waals surface area contributed by atoms with Gasteiger partial charge in [0.05, 0.1) is 0 Å². The van der Waals surface area contributed by atoms with E-state index in [1.54, 1.807) is 11.9 Å². The molecule has 0 spiro atoms. The van der Waals surface area contributed by atoms with Crippen LogP contribution in [0.5, 0.6) is 0 Å². The number of carbonyl (C=O) groups excluding carboxylic acids is 2. The van der Waals surface area contributed by atoms with Crippen LogP contribution < -0.4 is 0 Å². The Labute approximate surface area is 74.9 Å². The van der Waals surface area contributed by atoms with E-state index in [1.165, 1.54) is 0 Å². The molecule has 60 valence electrons. The molecule has 5 nitrogen and oxygen atoms in total. The monoisotopic (exact) mass is 265 g/mol. The fraction of sp³-hybridized carbons (Fsp3) is 0.600. The third kappa shape index (κ3) is 3.06. The van der Waals surface area contributed by atoms with Crippen molar-refractivity contribution < 1.29 is 15.7 Å². The van der Waals surface area contributed by atoms with Gasteiger partial charge in [0.25, 0.3) is 0 Å². The van der Waals surface area contributed by atoms with Gasteiger partial charge in [-0.3, -0.25) is 0 Å². The first-order valence-electron chi connectivity index (χ1n) is 3.01. The van der Waals surface area contributed by atoms with Gasteiger partial charge in [0.1, 0.15) is 0 Å². The number of nitrogens with zero attached hydrogens (tertiary/aromatic N) is 1. The Morgan fingerprint density at radius 2 is 1.73 bits per heavy atom. The van der Waals surface area contributed by atoms with Crippen LogP contribution in [0.1, 0.15) is 0 Å². The van der Waals surface area contributed by atoms with Gasteiger partial charge in [0.2, 0.25) is 0 Å². The second-order valence-electron chi connectivity index (χ2n) is 2.20. The Hall–Kier alpha value is -0.301. The molecule has 0 unspecified atom stereocenters. The van der Waals surface area contributed by atoms with Gasteiger partial charge in [-0.25, -0.2) is 0 Å². The molecule has 0 aromatic heterocycles. The minimum atomic E-state index is -1.65. The average Bonchev–Trinajstić information content (AvgIpc) is 1.83. The molecule has 1 saturated heterocycles. The molecule has 0 aliphatic carbocycles. The van der Waals surface area contributed by atoms with Gasteiger partial charge in [-0.15, -0.1) is 0 Å². The number of likely N-dealkylation sites (N-methyl/N-ethyl adjacent to an activating group) is 1. The Balaban J connectivity index is 2.47. The molecule has 2 radical (unpaired) electrons. The molecule has 0 atom stereocenters. The van der Waals surface area contributed by atoms with E-state index >= 15 is 0 Å². The van der Waals surface area contributed by atoms with Gasteiger partial charge in [0.15, 0.2) is 0 Å². The van der Waals surface area contributed by atoms with Crippen molar-refractivity contribution in [2.75, 3.05) is 20.1 Å². The topological polar surface area (TPSA) is 55.8 Å². The van der Waals surface area contributed by atoms with Crippen LogP contribution in [-0.4, -0.2) is 58.9 Å². The van der Waals surface area contributed by atoms with Crippen LogP contribution in [0, 0.1) is 0 Å². The quantitative estimate of drug-likeness (QED) is 0.501. The molecular weight excluding hydrogens is 257 g/mol. The first-order valence-corrected chi connectivity index (χ1v) is 5.34. The number of rotatable bonds is 0. The van der Waals surface area contributed by atoms with Crippen molar-refractivity contribution in [3.63, 3.8) is 0 Å². The summed E-state index contributed by atoms with van der Waals surface area (Å²) >= 11 is -1.65. The third-order valence-electron chi connectivity index (χ3n) is 1.11. The molecule has 6 heteroatoms. The molecule has 0 N–H and O–H groups in total. The molecule has 0 amide bonds. The van der Waals surface area contributed by atoms with E-state index < -0.39 is 22.0 Å². The summed E-state index contributed by atoms with van der Waals surface area (Å²) in [5.74, 6) is -0.599. The molecule has 0 aromatic rings. The van der Waals surface area contributed by atoms with Gasteiger partial charge in [-0.1, -0.05) is 0 Å². The molecule has 1 heterocycles. The van der Waals surface area contributed by atoms with Crippen molar-refractivity contribution in [2.24, 2.45) is 0 Å². The molecule has 0 bridgehead atoms. The fourth-order valence-electron chi connectivity index (χ4n) is 0.675. The first-order chi connectivity index (χ1) is 5.18. The zero-order valence-electron chi connectivity index (χ0n) is 5.99. The van der Waals surface area contributed by atoms with Crippen LogP contribution in [0.2, 0.25) is 0 Å². The molecular formula is C5H7NO4Sn. The van der Waals surface area contributed by atoms with Crippen LogP contribution >= 0.6 is 0 Å². The van der Waals surface area contributed by atoms with E-state index in [2.05, 4.69) is 6.15 Å². The van der Waals surface area contributed by atoms with E-state index in [4.69, 9.17) is 0 Å². The van der Waals surface area contributed by atoms with Crippen LogP contribution in [0.4, 0.5) is 0 Å². The fourth-order valence-corrected chi connectivity index (χ4v) is 1.69. The second kappa shape index (κ2) is 3.91. The zero-order valence-corrected chi connectivity index (χ0v) is 8.85. The van der Waals surface area contributed by atoms with Crippen LogP contribution in [0.25, 0.3) is 0 Å². The van der Waals surface area contributed by atoms with Gasteiger partial charge in [-0.2, -0.15) is 0 Å². The van der Waals surface area contributed by atoms with Gasteiger partial charge < -0.3 is 0 Å². The summed E-state index contributed by atoms with van der Waals surface area (Å²) < 4.78 is 9.34. The van der Waals surface area contributed by atoms with Crippen molar-refractivity contribution in [1.29, 1.82) is 0 Å². The summed E-state index contributed by atoms with van der Waals surface area (Å²) in [6.07, 6.45) is 0. The molecule has 0 saturated carbocycles.